The lowest BCUT2D eigenvalue weighted by Gasteiger charge is -2.12. The molecule has 0 spiro atoms. The molecule has 0 heterocycles. The van der Waals surface area contributed by atoms with Gasteiger partial charge in [0.05, 0.1) is 6.61 Å². The first kappa shape index (κ1) is 13.6. The Morgan fingerprint density at radius 3 is 2.32 bits per heavy atom. The number of hydrogen-bond donors (Lipinski definition) is 1. The van der Waals surface area contributed by atoms with Gasteiger partial charge in [-0.3, -0.25) is 0 Å². The molecule has 2 aromatic carbocycles. The molecule has 2 aromatic rings. The van der Waals surface area contributed by atoms with E-state index in [0.717, 1.165) is 12.0 Å². The van der Waals surface area contributed by atoms with E-state index in [0.29, 0.717) is 5.92 Å². The number of aliphatic hydroxyl groups is 1. The topological polar surface area (TPSA) is 20.2 Å². The average Bonchev–Trinajstić information content (AvgIpc) is 2.46. The van der Waals surface area contributed by atoms with Crippen molar-refractivity contribution in [3.8, 4) is 0 Å². The average molecular weight is 252 g/mol. The van der Waals surface area contributed by atoms with Gasteiger partial charge in [0.25, 0.3) is 0 Å². The maximum absolute atomic E-state index is 8.75. The second-order valence-electron chi connectivity index (χ2n) is 4.84. The van der Waals surface area contributed by atoms with Crippen LogP contribution in [-0.2, 0) is 6.42 Å². The molecule has 0 amide bonds. The summed E-state index contributed by atoms with van der Waals surface area (Å²) in [6, 6.07) is 19.1. The predicted molar refractivity (Wildman–Crippen MR) is 81.1 cm³/mol. The van der Waals surface area contributed by atoms with Crippen LogP contribution in [0, 0.1) is 0 Å². The van der Waals surface area contributed by atoms with E-state index in [-0.39, 0.29) is 6.61 Å². The minimum Gasteiger partial charge on any atom is -0.392 e. The molecule has 2 rings (SSSR count). The van der Waals surface area contributed by atoms with Crippen LogP contribution in [0.2, 0.25) is 0 Å². The molecular formula is C18H20O. The molecule has 19 heavy (non-hydrogen) atoms. The molecule has 0 aliphatic carbocycles. The number of benzene rings is 2. The van der Waals surface area contributed by atoms with Gasteiger partial charge < -0.3 is 5.11 Å². The smallest absolute Gasteiger partial charge is 0.0615 e. The van der Waals surface area contributed by atoms with Gasteiger partial charge in [-0.05, 0) is 29.0 Å². The molecule has 1 N–H and O–H groups in total. The van der Waals surface area contributed by atoms with Gasteiger partial charge in [0, 0.05) is 0 Å². The van der Waals surface area contributed by atoms with Crippen LogP contribution < -0.4 is 0 Å². The van der Waals surface area contributed by atoms with Crippen LogP contribution in [0.25, 0.3) is 6.08 Å². The Hall–Kier alpha value is -1.86. The van der Waals surface area contributed by atoms with E-state index in [2.05, 4.69) is 61.5 Å². The van der Waals surface area contributed by atoms with Gasteiger partial charge in [-0.2, -0.15) is 0 Å². The summed E-state index contributed by atoms with van der Waals surface area (Å²) in [6.45, 7) is 2.34. The Labute approximate surface area is 115 Å². The lowest BCUT2D eigenvalue weighted by molar-refractivity contribution is 0.343. The number of rotatable bonds is 5. The fourth-order valence-corrected chi connectivity index (χ4v) is 2.21. The molecule has 1 nitrogen and oxygen atoms in total. The zero-order chi connectivity index (χ0) is 13.5. The Bertz CT molecular complexity index is 511. The van der Waals surface area contributed by atoms with Gasteiger partial charge in [0.2, 0.25) is 0 Å². The van der Waals surface area contributed by atoms with Crippen molar-refractivity contribution in [1.82, 2.24) is 0 Å². The van der Waals surface area contributed by atoms with Crippen molar-refractivity contribution in [1.29, 1.82) is 0 Å². The summed E-state index contributed by atoms with van der Waals surface area (Å²) in [5, 5.41) is 8.75. The second-order valence-corrected chi connectivity index (χ2v) is 4.84. The highest BCUT2D eigenvalue weighted by atomic mass is 16.2. The lowest BCUT2D eigenvalue weighted by Crippen LogP contribution is -1.98. The fraction of sp³-hybridized carbons (Fsp3) is 0.222. The highest BCUT2D eigenvalue weighted by Gasteiger charge is 2.06. The largest absolute Gasteiger partial charge is 0.392 e. The summed E-state index contributed by atoms with van der Waals surface area (Å²) in [6.07, 6.45) is 4.75. The van der Waals surface area contributed by atoms with Crippen molar-refractivity contribution in [3.63, 3.8) is 0 Å². The summed E-state index contributed by atoms with van der Waals surface area (Å²) in [5.74, 6) is 0.512. The zero-order valence-corrected chi connectivity index (χ0v) is 11.3. The van der Waals surface area contributed by atoms with Crippen LogP contribution in [0.15, 0.2) is 60.7 Å². The first-order valence-electron chi connectivity index (χ1n) is 6.71. The second kappa shape index (κ2) is 6.91. The Kier molecular flexibility index (Phi) is 4.93. The van der Waals surface area contributed by atoms with Gasteiger partial charge in [0.15, 0.2) is 0 Å². The summed E-state index contributed by atoms with van der Waals surface area (Å²) in [5.41, 5.74) is 3.86. The predicted octanol–water partition coefficient (Wildman–Crippen LogP) is 4.04. The van der Waals surface area contributed by atoms with Crippen LogP contribution in [-0.4, -0.2) is 11.7 Å². The van der Waals surface area contributed by atoms with Crippen molar-refractivity contribution in [2.24, 2.45) is 0 Å². The first-order valence-corrected chi connectivity index (χ1v) is 6.71. The molecule has 0 fully saturated rings. The Morgan fingerprint density at radius 2 is 1.68 bits per heavy atom. The molecule has 0 radical (unpaired) electrons. The van der Waals surface area contributed by atoms with Crippen molar-refractivity contribution >= 4 is 6.08 Å². The minimum absolute atomic E-state index is 0.0894. The van der Waals surface area contributed by atoms with E-state index in [4.69, 9.17) is 5.11 Å². The van der Waals surface area contributed by atoms with Crippen molar-refractivity contribution in [3.05, 3.63) is 77.4 Å². The number of aliphatic hydroxyl groups excluding tert-OH is 1. The highest BCUT2D eigenvalue weighted by Crippen LogP contribution is 2.21. The molecule has 0 saturated heterocycles. The molecule has 98 valence electrons. The van der Waals surface area contributed by atoms with Crippen LogP contribution in [0.4, 0.5) is 0 Å². The van der Waals surface area contributed by atoms with Crippen LogP contribution in [0.1, 0.15) is 29.5 Å². The van der Waals surface area contributed by atoms with Crippen LogP contribution >= 0.6 is 0 Å². The molecular weight excluding hydrogens is 232 g/mol. The van der Waals surface area contributed by atoms with E-state index >= 15 is 0 Å². The molecule has 0 bridgehead atoms. The van der Waals surface area contributed by atoms with E-state index in [9.17, 15) is 0 Å². The third-order valence-corrected chi connectivity index (χ3v) is 3.31. The third-order valence-electron chi connectivity index (χ3n) is 3.31. The van der Waals surface area contributed by atoms with Gasteiger partial charge in [-0.15, -0.1) is 0 Å². The zero-order valence-electron chi connectivity index (χ0n) is 11.3. The lowest BCUT2D eigenvalue weighted by atomic mass is 9.93. The summed E-state index contributed by atoms with van der Waals surface area (Å²) in [4.78, 5) is 0. The molecule has 1 atom stereocenters. The maximum Gasteiger partial charge on any atom is 0.0615 e. The molecule has 1 heteroatoms. The van der Waals surface area contributed by atoms with E-state index in [1.165, 1.54) is 11.1 Å². The third kappa shape index (κ3) is 4.08. The van der Waals surface area contributed by atoms with E-state index in [1.807, 2.05) is 6.08 Å². The summed E-state index contributed by atoms with van der Waals surface area (Å²) < 4.78 is 0. The van der Waals surface area contributed by atoms with Gasteiger partial charge in [-0.1, -0.05) is 73.7 Å². The van der Waals surface area contributed by atoms with Gasteiger partial charge >= 0.3 is 0 Å². The quantitative estimate of drug-likeness (QED) is 0.851. The SMILES string of the molecule is CC(Cc1ccccc1)c1ccc(C=CCO)cc1. The highest BCUT2D eigenvalue weighted by molar-refractivity contribution is 5.50. The Balaban J connectivity index is 2.03. The summed E-state index contributed by atoms with van der Waals surface area (Å²) in [7, 11) is 0. The van der Waals surface area contributed by atoms with E-state index < -0.39 is 0 Å². The van der Waals surface area contributed by atoms with Crippen molar-refractivity contribution in [2.75, 3.05) is 6.61 Å². The van der Waals surface area contributed by atoms with Crippen LogP contribution in [0.3, 0.4) is 0 Å². The molecule has 1 unspecified atom stereocenters. The summed E-state index contributed by atoms with van der Waals surface area (Å²) >= 11 is 0. The molecule has 0 aliphatic rings. The molecule has 0 aliphatic heterocycles. The molecule has 0 saturated carbocycles. The van der Waals surface area contributed by atoms with Crippen LogP contribution in [0.5, 0.6) is 0 Å². The molecule has 0 aromatic heterocycles. The number of hydrogen-bond acceptors (Lipinski definition) is 1. The maximum atomic E-state index is 8.75. The van der Waals surface area contributed by atoms with Gasteiger partial charge in [0.1, 0.15) is 0 Å². The van der Waals surface area contributed by atoms with Crippen molar-refractivity contribution in [2.45, 2.75) is 19.3 Å². The van der Waals surface area contributed by atoms with E-state index in [1.54, 1.807) is 6.08 Å². The van der Waals surface area contributed by atoms with Crippen molar-refractivity contribution < 1.29 is 5.11 Å². The minimum atomic E-state index is 0.0894. The Morgan fingerprint density at radius 1 is 1.00 bits per heavy atom. The fourth-order valence-electron chi connectivity index (χ4n) is 2.21. The monoisotopic (exact) mass is 252 g/mol. The first-order chi connectivity index (χ1) is 9.29. The standard InChI is InChI=1S/C18H20O/c1-15(14-17-6-3-2-4-7-17)18-11-9-16(10-12-18)8-5-13-19/h2-12,15,19H,13-14H2,1H3. The normalized spacial score (nSPS) is 12.7. The van der Waals surface area contributed by atoms with Gasteiger partial charge in [-0.25, -0.2) is 0 Å².